The van der Waals surface area contributed by atoms with Crippen molar-refractivity contribution >= 4 is 55.7 Å². The Morgan fingerprint density at radius 2 is 1.56 bits per heavy atom. The molecule has 5 heterocycles. The third kappa shape index (κ3) is 3.79. The molecule has 224 valence electrons. The smallest absolute Gasteiger partial charge is 0.297 e. The van der Waals surface area contributed by atoms with Gasteiger partial charge in [0.2, 0.25) is 0 Å². The van der Waals surface area contributed by atoms with Crippen molar-refractivity contribution in [1.29, 1.82) is 0 Å². The van der Waals surface area contributed by atoms with Gasteiger partial charge in [-0.05, 0) is 74.7 Å². The van der Waals surface area contributed by atoms with Crippen molar-refractivity contribution in [2.45, 2.75) is 46.7 Å². The van der Waals surface area contributed by atoms with E-state index in [0.717, 1.165) is 56.4 Å². The Morgan fingerprint density at radius 3 is 2.38 bits per heavy atom. The quantitative estimate of drug-likeness (QED) is 0.151. The number of aromatic nitrogens is 4. The van der Waals surface area contributed by atoms with Crippen LogP contribution in [0.5, 0.6) is 11.5 Å². The Bertz CT molecular complexity index is 2320. The van der Waals surface area contributed by atoms with Gasteiger partial charge in [-0.1, -0.05) is 44.2 Å². The van der Waals surface area contributed by atoms with Crippen LogP contribution in [0.3, 0.4) is 0 Å². The zero-order chi connectivity index (χ0) is 31.1. The van der Waals surface area contributed by atoms with E-state index >= 15 is 0 Å². The van der Waals surface area contributed by atoms with Gasteiger partial charge in [-0.3, -0.25) is 4.98 Å². The molecule has 7 heteroatoms. The fourth-order valence-electron chi connectivity index (χ4n) is 7.30. The van der Waals surface area contributed by atoms with Crippen LogP contribution in [0.15, 0.2) is 85.2 Å². The maximum Gasteiger partial charge on any atom is 0.297 e. The molecular formula is C38H37N6O+. The molecule has 0 saturated carbocycles. The van der Waals surface area contributed by atoms with E-state index < -0.39 is 0 Å². The summed E-state index contributed by atoms with van der Waals surface area (Å²) in [5, 5.41) is 2.30. The first-order valence-electron chi connectivity index (χ1n) is 15.7. The number of anilines is 3. The second kappa shape index (κ2) is 9.92. The number of para-hydroxylation sites is 2. The number of hydrogen-bond donors (Lipinski definition) is 0. The molecule has 45 heavy (non-hydrogen) atoms. The van der Waals surface area contributed by atoms with Crippen LogP contribution in [0.1, 0.15) is 43.4 Å². The van der Waals surface area contributed by atoms with E-state index in [9.17, 15) is 0 Å². The molecule has 8 rings (SSSR count). The van der Waals surface area contributed by atoms with E-state index in [-0.39, 0.29) is 6.17 Å². The number of ether oxygens (including phenoxy) is 1. The van der Waals surface area contributed by atoms with Gasteiger partial charge in [0.25, 0.3) is 5.65 Å². The molecule has 0 fully saturated rings. The summed E-state index contributed by atoms with van der Waals surface area (Å²) in [6.07, 6.45) is 3.88. The Labute approximate surface area is 262 Å². The van der Waals surface area contributed by atoms with Crippen LogP contribution in [0.2, 0.25) is 0 Å². The van der Waals surface area contributed by atoms with Gasteiger partial charge in [-0.25, -0.2) is 9.55 Å². The average Bonchev–Trinajstić information content (AvgIpc) is 3.49. The molecule has 1 aliphatic heterocycles. The van der Waals surface area contributed by atoms with Gasteiger partial charge in [-0.2, -0.15) is 4.40 Å². The van der Waals surface area contributed by atoms with Crippen molar-refractivity contribution in [3.8, 4) is 11.5 Å². The normalized spacial score (nSPS) is 14.9. The van der Waals surface area contributed by atoms with Crippen LogP contribution in [-0.4, -0.2) is 27.6 Å². The number of pyridine rings is 3. The lowest BCUT2D eigenvalue weighted by Crippen LogP contribution is -2.36. The highest BCUT2D eigenvalue weighted by Gasteiger charge is 2.34. The molecule has 1 atom stereocenters. The van der Waals surface area contributed by atoms with Gasteiger partial charge in [0, 0.05) is 30.1 Å². The van der Waals surface area contributed by atoms with E-state index in [4.69, 9.17) is 9.72 Å². The molecule has 0 spiro atoms. The van der Waals surface area contributed by atoms with Crippen LogP contribution >= 0.6 is 0 Å². The standard InChI is InChI=1S/C38H37N6O/c1-22(2)26-13-10-17-30-35(26)36-34(38-42(7)28-14-8-9-15-29(28)44(30)38)24(4)33(21-40-36)45-32-19-11-16-27(23(32)3)43-25(5)41(6)37-31(43)18-12-20-39-37/h8-22,25H,1-7H3/q+1/t25-/m1/s1. The Hall–Kier alpha value is -5.17. The van der Waals surface area contributed by atoms with Gasteiger partial charge in [0.15, 0.2) is 16.9 Å². The van der Waals surface area contributed by atoms with Crippen molar-refractivity contribution in [1.82, 2.24) is 14.4 Å². The van der Waals surface area contributed by atoms with Gasteiger partial charge in [0.1, 0.15) is 23.2 Å². The molecule has 0 amide bonds. The average molecular weight is 594 g/mol. The van der Waals surface area contributed by atoms with E-state index in [1.165, 1.54) is 27.5 Å². The van der Waals surface area contributed by atoms with Gasteiger partial charge in [0.05, 0.1) is 35.2 Å². The van der Waals surface area contributed by atoms with E-state index in [1.807, 2.05) is 18.5 Å². The van der Waals surface area contributed by atoms with Crippen molar-refractivity contribution in [2.75, 3.05) is 16.8 Å². The predicted octanol–water partition coefficient (Wildman–Crippen LogP) is 8.48. The third-order valence-electron chi connectivity index (χ3n) is 9.73. The molecule has 0 radical (unpaired) electrons. The summed E-state index contributed by atoms with van der Waals surface area (Å²) in [6.45, 7) is 11.0. The predicted molar refractivity (Wildman–Crippen MR) is 183 cm³/mol. The summed E-state index contributed by atoms with van der Waals surface area (Å²) in [4.78, 5) is 14.4. The zero-order valence-corrected chi connectivity index (χ0v) is 26.8. The summed E-state index contributed by atoms with van der Waals surface area (Å²) in [5.74, 6) is 2.90. The summed E-state index contributed by atoms with van der Waals surface area (Å²) >= 11 is 0. The van der Waals surface area contributed by atoms with Crippen LogP contribution in [0, 0.1) is 13.8 Å². The molecular weight excluding hydrogens is 556 g/mol. The summed E-state index contributed by atoms with van der Waals surface area (Å²) in [7, 11) is 4.24. The van der Waals surface area contributed by atoms with Crippen molar-refractivity contribution < 1.29 is 9.30 Å². The largest absolute Gasteiger partial charge is 0.455 e. The third-order valence-corrected chi connectivity index (χ3v) is 9.73. The molecule has 0 saturated heterocycles. The van der Waals surface area contributed by atoms with Crippen molar-refractivity contribution in [2.24, 2.45) is 7.05 Å². The number of nitrogens with zero attached hydrogens (tertiary/aromatic N) is 6. The number of hydrogen-bond acceptors (Lipinski definition) is 5. The molecule has 4 aromatic heterocycles. The van der Waals surface area contributed by atoms with E-state index in [0.29, 0.717) is 5.92 Å². The lowest BCUT2D eigenvalue weighted by molar-refractivity contribution is -0.617. The van der Waals surface area contributed by atoms with Crippen LogP contribution in [-0.2, 0) is 7.05 Å². The second-order valence-electron chi connectivity index (χ2n) is 12.5. The summed E-state index contributed by atoms with van der Waals surface area (Å²) < 4.78 is 11.5. The maximum atomic E-state index is 6.81. The van der Waals surface area contributed by atoms with Crippen LogP contribution in [0.25, 0.3) is 38.5 Å². The number of fused-ring (bicyclic) bond motifs is 9. The molecule has 0 bridgehead atoms. The zero-order valence-electron chi connectivity index (χ0n) is 26.8. The minimum absolute atomic E-state index is 0.119. The lowest BCUT2D eigenvalue weighted by Gasteiger charge is -2.29. The van der Waals surface area contributed by atoms with Crippen LogP contribution in [0.4, 0.5) is 17.2 Å². The highest BCUT2D eigenvalue weighted by atomic mass is 16.5. The van der Waals surface area contributed by atoms with Gasteiger partial charge < -0.3 is 14.5 Å². The topological polar surface area (TPSA) is 49.8 Å². The fraction of sp³-hybridized carbons (Fsp3) is 0.237. The first-order chi connectivity index (χ1) is 21.8. The number of rotatable bonds is 4. The Morgan fingerprint density at radius 1 is 0.800 bits per heavy atom. The minimum atomic E-state index is 0.119. The molecule has 7 nitrogen and oxygen atoms in total. The number of imidazole rings is 1. The monoisotopic (exact) mass is 593 g/mol. The maximum absolute atomic E-state index is 6.81. The first kappa shape index (κ1) is 27.4. The Kier molecular flexibility index (Phi) is 6.04. The van der Waals surface area contributed by atoms with E-state index in [2.05, 4.69) is 139 Å². The Balaban J connectivity index is 1.35. The first-order valence-corrected chi connectivity index (χ1v) is 15.7. The molecule has 0 N–H and O–H groups in total. The minimum Gasteiger partial charge on any atom is -0.455 e. The van der Waals surface area contributed by atoms with Gasteiger partial charge in [-0.15, -0.1) is 0 Å². The summed E-state index contributed by atoms with van der Waals surface area (Å²) in [5.41, 5.74) is 11.3. The molecule has 1 aliphatic rings. The summed E-state index contributed by atoms with van der Waals surface area (Å²) in [6, 6.07) is 25.7. The fourth-order valence-corrected chi connectivity index (χ4v) is 7.30. The van der Waals surface area contributed by atoms with Crippen molar-refractivity contribution in [3.05, 3.63) is 102 Å². The number of aryl methyl sites for hydroxylation is 2. The van der Waals surface area contributed by atoms with Gasteiger partial charge >= 0.3 is 0 Å². The van der Waals surface area contributed by atoms with Crippen molar-refractivity contribution in [3.63, 3.8) is 0 Å². The number of benzene rings is 3. The molecule has 0 unspecified atom stereocenters. The lowest BCUT2D eigenvalue weighted by atomic mass is 9.95. The highest BCUT2D eigenvalue weighted by molar-refractivity contribution is 6.13. The second-order valence-corrected chi connectivity index (χ2v) is 12.5. The van der Waals surface area contributed by atoms with Crippen LogP contribution < -0.4 is 19.1 Å². The molecule has 7 aromatic rings. The highest BCUT2D eigenvalue weighted by Crippen LogP contribution is 2.45. The van der Waals surface area contributed by atoms with E-state index in [1.54, 1.807) is 0 Å². The molecule has 0 aliphatic carbocycles. The SMILES string of the molecule is Cc1c(Oc2cnc3c4c(C(C)C)cccc4n4c5ccccc5[n+](C)c4c3c2C)cccc1N1c2cccnc2N(C)[C@H]1C. The molecule has 3 aromatic carbocycles.